The van der Waals surface area contributed by atoms with Gasteiger partial charge in [-0.3, -0.25) is 4.79 Å². The smallest absolute Gasteiger partial charge is 0.223 e. The van der Waals surface area contributed by atoms with E-state index in [0.717, 1.165) is 12.0 Å². The minimum atomic E-state index is -0.0466. The summed E-state index contributed by atoms with van der Waals surface area (Å²) in [5, 5.41) is 2.93. The number of hydrogen-bond donors (Lipinski definition) is 3. The fourth-order valence-electron chi connectivity index (χ4n) is 1.30. The van der Waals surface area contributed by atoms with E-state index in [0.29, 0.717) is 19.5 Å². The van der Waals surface area contributed by atoms with Gasteiger partial charge in [-0.25, -0.2) is 0 Å². The topological polar surface area (TPSA) is 81.1 Å². The van der Waals surface area contributed by atoms with Crippen LogP contribution in [0.5, 0.6) is 0 Å². The predicted octanol–water partition coefficient (Wildman–Crippen LogP) is 0.381. The van der Waals surface area contributed by atoms with Crippen LogP contribution in [-0.4, -0.2) is 25.0 Å². The molecule has 0 spiro atoms. The average molecular weight is 213 g/mol. The largest absolute Gasteiger partial charge is 0.349 e. The first-order valence-electron chi connectivity index (χ1n) is 5.38. The van der Waals surface area contributed by atoms with Crippen molar-refractivity contribution in [3.63, 3.8) is 0 Å². The van der Waals surface area contributed by atoms with Crippen molar-refractivity contribution >= 4 is 5.91 Å². The Bertz CT molecular complexity index is 216. The van der Waals surface area contributed by atoms with Crippen LogP contribution in [0.4, 0.5) is 0 Å². The Morgan fingerprint density at radius 3 is 2.27 bits per heavy atom. The normalized spacial score (nSPS) is 14.4. The van der Waals surface area contributed by atoms with Crippen LogP contribution in [0.2, 0.25) is 0 Å². The first-order chi connectivity index (χ1) is 7.02. The molecule has 0 fully saturated rings. The molecular weight excluding hydrogens is 190 g/mol. The van der Waals surface area contributed by atoms with Gasteiger partial charge >= 0.3 is 0 Å². The molecule has 0 unspecified atom stereocenters. The first kappa shape index (κ1) is 14.1. The molecule has 0 aromatic heterocycles. The van der Waals surface area contributed by atoms with Crippen molar-refractivity contribution in [2.75, 3.05) is 13.1 Å². The number of hydrogen-bond acceptors (Lipinski definition) is 3. The third-order valence-corrected chi connectivity index (χ3v) is 2.41. The van der Waals surface area contributed by atoms with Crippen LogP contribution >= 0.6 is 0 Å². The van der Waals surface area contributed by atoms with Crippen LogP contribution in [-0.2, 0) is 4.79 Å². The lowest BCUT2D eigenvalue weighted by atomic mass is 10.0. The maximum Gasteiger partial charge on any atom is 0.223 e. The van der Waals surface area contributed by atoms with Crippen LogP contribution in [0.15, 0.2) is 12.2 Å². The number of amides is 1. The highest BCUT2D eigenvalue weighted by molar-refractivity contribution is 5.78. The second kappa shape index (κ2) is 7.43. The minimum absolute atomic E-state index is 0.0114. The molecule has 5 N–H and O–H groups in total. The van der Waals surface area contributed by atoms with Gasteiger partial charge in [0.1, 0.15) is 0 Å². The average Bonchev–Trinajstić information content (AvgIpc) is 2.17. The van der Waals surface area contributed by atoms with Gasteiger partial charge in [-0.15, -0.1) is 0 Å². The summed E-state index contributed by atoms with van der Waals surface area (Å²) in [5.74, 6) is -0.0171. The minimum Gasteiger partial charge on any atom is -0.349 e. The number of carbonyl (C=O) groups excluding carboxylic acids is 1. The van der Waals surface area contributed by atoms with Crippen molar-refractivity contribution in [1.29, 1.82) is 0 Å². The Kier molecular flexibility index (Phi) is 6.99. The highest BCUT2D eigenvalue weighted by Gasteiger charge is 2.16. The zero-order valence-corrected chi connectivity index (χ0v) is 9.75. The van der Waals surface area contributed by atoms with E-state index in [4.69, 9.17) is 11.5 Å². The first-order valence-corrected chi connectivity index (χ1v) is 5.38. The van der Waals surface area contributed by atoms with E-state index in [-0.39, 0.29) is 17.9 Å². The summed E-state index contributed by atoms with van der Waals surface area (Å²) in [6.07, 6.45) is 1.44. The molecule has 15 heavy (non-hydrogen) atoms. The molecule has 4 nitrogen and oxygen atoms in total. The monoisotopic (exact) mass is 213 g/mol. The summed E-state index contributed by atoms with van der Waals surface area (Å²) in [5.41, 5.74) is 11.8. The van der Waals surface area contributed by atoms with Crippen LogP contribution < -0.4 is 16.8 Å². The predicted molar refractivity (Wildman–Crippen MR) is 63.3 cm³/mol. The number of carbonyl (C=O) groups is 1. The Morgan fingerprint density at radius 1 is 1.33 bits per heavy atom. The number of nitrogens with one attached hydrogen (secondary N) is 1. The third-order valence-electron chi connectivity index (χ3n) is 2.41. The molecule has 0 aromatic rings. The summed E-state index contributed by atoms with van der Waals surface area (Å²) in [7, 11) is 0. The lowest BCUT2D eigenvalue weighted by Gasteiger charge is -2.20. The van der Waals surface area contributed by atoms with Crippen LogP contribution in [0.25, 0.3) is 0 Å². The molecule has 0 aromatic carbocycles. The van der Waals surface area contributed by atoms with Crippen molar-refractivity contribution < 1.29 is 4.79 Å². The van der Waals surface area contributed by atoms with E-state index < -0.39 is 0 Å². The molecule has 0 saturated heterocycles. The maximum absolute atomic E-state index is 11.7. The molecule has 88 valence electrons. The Morgan fingerprint density at radius 2 is 1.87 bits per heavy atom. The van der Waals surface area contributed by atoms with E-state index in [1.54, 1.807) is 0 Å². The van der Waals surface area contributed by atoms with E-state index in [1.165, 1.54) is 0 Å². The van der Waals surface area contributed by atoms with Gasteiger partial charge in [0.05, 0.1) is 6.04 Å². The molecule has 2 atom stereocenters. The zero-order chi connectivity index (χ0) is 11.8. The van der Waals surface area contributed by atoms with E-state index in [9.17, 15) is 4.79 Å². The quantitative estimate of drug-likeness (QED) is 0.535. The fourth-order valence-corrected chi connectivity index (χ4v) is 1.30. The highest BCUT2D eigenvalue weighted by Crippen LogP contribution is 2.06. The van der Waals surface area contributed by atoms with Gasteiger partial charge in [0, 0.05) is 5.92 Å². The molecule has 0 aliphatic heterocycles. The summed E-state index contributed by atoms with van der Waals surface area (Å²) in [4.78, 5) is 11.7. The van der Waals surface area contributed by atoms with E-state index in [1.807, 2.05) is 13.8 Å². The molecule has 0 aliphatic carbocycles. The Hall–Kier alpha value is -0.870. The van der Waals surface area contributed by atoms with Gasteiger partial charge in [-0.2, -0.15) is 0 Å². The van der Waals surface area contributed by atoms with Gasteiger partial charge in [0.2, 0.25) is 5.91 Å². The second-order valence-corrected chi connectivity index (χ2v) is 3.96. The van der Waals surface area contributed by atoms with Crippen LogP contribution in [0.3, 0.4) is 0 Å². The SMILES string of the molecule is C=C(C)[C@H](CCN)NC(=O)[C@@H](C)CCN. The fraction of sp³-hybridized carbons (Fsp3) is 0.727. The van der Waals surface area contributed by atoms with Gasteiger partial charge in [-0.1, -0.05) is 19.1 Å². The number of rotatable bonds is 7. The van der Waals surface area contributed by atoms with Crippen molar-refractivity contribution in [3.8, 4) is 0 Å². The Balaban J connectivity index is 4.15. The summed E-state index contributed by atoms with van der Waals surface area (Å²) in [6, 6.07) is -0.0114. The van der Waals surface area contributed by atoms with Crippen molar-refractivity contribution in [2.24, 2.45) is 17.4 Å². The molecule has 0 aliphatic rings. The Labute approximate surface area is 92.1 Å². The zero-order valence-electron chi connectivity index (χ0n) is 9.75. The molecule has 0 radical (unpaired) electrons. The van der Waals surface area contributed by atoms with E-state index in [2.05, 4.69) is 11.9 Å². The molecule has 0 saturated carbocycles. The lowest BCUT2D eigenvalue weighted by molar-refractivity contribution is -0.125. The molecule has 1 amide bonds. The van der Waals surface area contributed by atoms with Crippen molar-refractivity contribution in [3.05, 3.63) is 12.2 Å². The van der Waals surface area contributed by atoms with Crippen molar-refractivity contribution in [2.45, 2.75) is 32.7 Å². The van der Waals surface area contributed by atoms with Crippen LogP contribution in [0.1, 0.15) is 26.7 Å². The number of nitrogens with two attached hydrogens (primary N) is 2. The van der Waals surface area contributed by atoms with Gasteiger partial charge in [0.15, 0.2) is 0 Å². The molecule has 4 heteroatoms. The van der Waals surface area contributed by atoms with Crippen LogP contribution in [0, 0.1) is 5.92 Å². The maximum atomic E-state index is 11.7. The summed E-state index contributed by atoms with van der Waals surface area (Å²) < 4.78 is 0. The van der Waals surface area contributed by atoms with Gasteiger partial charge < -0.3 is 16.8 Å². The second-order valence-electron chi connectivity index (χ2n) is 3.96. The highest BCUT2D eigenvalue weighted by atomic mass is 16.1. The lowest BCUT2D eigenvalue weighted by Crippen LogP contribution is -2.40. The summed E-state index contributed by atoms with van der Waals surface area (Å²) in [6.45, 7) is 8.69. The standard InChI is InChI=1S/C11H23N3O/c1-8(2)10(5-7-13)14-11(15)9(3)4-6-12/h9-10H,1,4-7,12-13H2,2-3H3,(H,14,15)/t9-,10-/m0/s1. The molecule has 0 heterocycles. The van der Waals surface area contributed by atoms with Gasteiger partial charge in [0.25, 0.3) is 0 Å². The third kappa shape index (κ3) is 5.54. The van der Waals surface area contributed by atoms with E-state index >= 15 is 0 Å². The summed E-state index contributed by atoms with van der Waals surface area (Å²) >= 11 is 0. The van der Waals surface area contributed by atoms with Crippen molar-refractivity contribution in [1.82, 2.24) is 5.32 Å². The molecular formula is C11H23N3O. The molecule has 0 rings (SSSR count). The van der Waals surface area contributed by atoms with Gasteiger partial charge in [-0.05, 0) is 32.9 Å². The molecule has 0 bridgehead atoms.